The van der Waals surface area contributed by atoms with Crippen LogP contribution in [0.1, 0.15) is 6.92 Å². The highest BCUT2D eigenvalue weighted by Crippen LogP contribution is 2.33. The lowest BCUT2D eigenvalue weighted by molar-refractivity contribution is -0.267. The number of alkyl halides is 3. The fourth-order valence-corrected chi connectivity index (χ4v) is 0.596. The summed E-state index contributed by atoms with van der Waals surface area (Å²) in [5.74, 6) is 0. The fraction of sp³-hybridized carbons (Fsp3) is 1.00. The second kappa shape index (κ2) is 2.98. The van der Waals surface area contributed by atoms with E-state index in [0.717, 1.165) is 0 Å². The first kappa shape index (κ1) is 10.7. The maximum atomic E-state index is 12.5. The Bertz CT molecular complexity index is 203. The number of thiol groups is 1. The fourth-order valence-electron chi connectivity index (χ4n) is 0.293. The van der Waals surface area contributed by atoms with Crippen LogP contribution < -0.4 is 0 Å². The highest BCUT2D eigenvalue weighted by Gasteiger charge is 2.55. The van der Waals surface area contributed by atoms with E-state index in [1.807, 2.05) is 0 Å². The Morgan fingerprint density at radius 2 is 1.64 bits per heavy atom. The van der Waals surface area contributed by atoms with Crippen molar-refractivity contribution in [1.29, 1.82) is 0 Å². The van der Waals surface area contributed by atoms with Crippen LogP contribution in [0.3, 0.4) is 0 Å². The van der Waals surface area contributed by atoms with Crippen molar-refractivity contribution in [3.63, 3.8) is 0 Å². The molecule has 1 atom stereocenters. The van der Waals surface area contributed by atoms with Gasteiger partial charge in [-0.05, 0) is 6.92 Å². The monoisotopic (exact) mass is 192 g/mol. The first-order chi connectivity index (χ1) is 4.75. The van der Waals surface area contributed by atoms with Crippen molar-refractivity contribution in [2.24, 2.45) is 0 Å². The third kappa shape index (κ3) is 1.84. The summed E-state index contributed by atoms with van der Waals surface area (Å²) in [5.41, 5.74) is 0. The smallest absolute Gasteiger partial charge is 0.320 e. The largest absolute Gasteiger partial charge is 0.403 e. The highest BCUT2D eigenvalue weighted by atomic mass is 32.2. The lowest BCUT2D eigenvalue weighted by atomic mass is 10.4. The van der Waals surface area contributed by atoms with E-state index in [1.54, 1.807) is 0 Å². The number of halogens is 3. The lowest BCUT2D eigenvalue weighted by Crippen LogP contribution is -2.44. The Balaban J connectivity index is 4.82. The first-order valence-corrected chi connectivity index (χ1v) is 3.70. The van der Waals surface area contributed by atoms with E-state index in [9.17, 15) is 21.6 Å². The summed E-state index contributed by atoms with van der Waals surface area (Å²) in [5, 5.41) is -3.66. The highest BCUT2D eigenvalue weighted by molar-refractivity contribution is 7.73. The van der Waals surface area contributed by atoms with Crippen LogP contribution in [0.15, 0.2) is 0 Å². The number of hydrogen-bond donors (Lipinski definition) is 1. The zero-order chi connectivity index (χ0) is 9.28. The predicted molar refractivity (Wildman–Crippen MR) is 31.8 cm³/mol. The molecule has 11 heavy (non-hydrogen) atoms. The molecule has 7 heteroatoms. The maximum Gasteiger partial charge on any atom is 0.403 e. The van der Waals surface area contributed by atoms with E-state index in [2.05, 4.69) is 4.74 Å². The van der Waals surface area contributed by atoms with Crippen LogP contribution in [0, 0.1) is 0 Å². The van der Waals surface area contributed by atoms with Gasteiger partial charge in [0.15, 0.2) is 10.7 Å². The normalized spacial score (nSPS) is 18.4. The molecule has 68 valence electrons. The molecule has 3 nitrogen and oxygen atoms in total. The first-order valence-electron chi connectivity index (χ1n) is 2.52. The molecule has 0 spiro atoms. The minimum Gasteiger partial charge on any atom is -0.320 e. The molecule has 0 aliphatic heterocycles. The zero-order valence-corrected chi connectivity index (χ0v) is 6.70. The molecule has 0 N–H and O–H groups in total. The van der Waals surface area contributed by atoms with Crippen LogP contribution in [-0.4, -0.2) is 26.6 Å². The van der Waals surface area contributed by atoms with Gasteiger partial charge in [0, 0.05) is 7.11 Å². The summed E-state index contributed by atoms with van der Waals surface area (Å²) in [6, 6.07) is 0. The summed E-state index contributed by atoms with van der Waals surface area (Å²) in [7, 11) is -3.35. The lowest BCUT2D eigenvalue weighted by Gasteiger charge is -2.22. The number of methoxy groups -OCH3 is 1. The summed E-state index contributed by atoms with van der Waals surface area (Å²) in [6.45, 7) is 0.238. The van der Waals surface area contributed by atoms with Gasteiger partial charge in [-0.1, -0.05) is 0 Å². The van der Waals surface area contributed by atoms with Crippen LogP contribution >= 0.6 is 0 Å². The van der Waals surface area contributed by atoms with E-state index in [-0.39, 0.29) is 6.92 Å². The molecule has 1 unspecified atom stereocenters. The van der Waals surface area contributed by atoms with Crippen LogP contribution in [-0.2, 0) is 15.4 Å². The van der Waals surface area contributed by atoms with E-state index in [1.165, 1.54) is 0 Å². The van der Waals surface area contributed by atoms with Gasteiger partial charge < -0.3 is 4.74 Å². The number of hydrogen-bond acceptors (Lipinski definition) is 3. The summed E-state index contributed by atoms with van der Waals surface area (Å²) in [6.07, 6.45) is -4.30. The molecule has 0 rings (SSSR count). The quantitative estimate of drug-likeness (QED) is 0.663. The van der Waals surface area contributed by atoms with Crippen LogP contribution in [0.4, 0.5) is 13.2 Å². The van der Waals surface area contributed by atoms with E-state index < -0.39 is 21.8 Å². The molecule has 0 aliphatic rings. The standard InChI is InChI=1S/C4H7F3O3S/c1-3(5,11(8)9)4(6,7)10-2/h11H,1-2H3. The van der Waals surface area contributed by atoms with Crippen molar-refractivity contribution < 1.29 is 26.3 Å². The number of ether oxygens (including phenoxy) is 1. The molecule has 0 bridgehead atoms. The molecular weight excluding hydrogens is 185 g/mol. The predicted octanol–water partition coefficient (Wildman–Crippen LogP) is 0.523. The van der Waals surface area contributed by atoms with Gasteiger partial charge in [-0.3, -0.25) is 0 Å². The Labute approximate surface area is 63.1 Å². The summed E-state index contributed by atoms with van der Waals surface area (Å²) < 4.78 is 60.1. The van der Waals surface area contributed by atoms with Gasteiger partial charge in [-0.25, -0.2) is 12.8 Å². The van der Waals surface area contributed by atoms with Crippen molar-refractivity contribution in [1.82, 2.24) is 0 Å². The van der Waals surface area contributed by atoms with Crippen LogP contribution in [0.2, 0.25) is 0 Å². The second-order valence-corrected chi connectivity index (χ2v) is 3.29. The van der Waals surface area contributed by atoms with Gasteiger partial charge in [-0.15, -0.1) is 0 Å². The Morgan fingerprint density at radius 3 is 1.73 bits per heavy atom. The molecule has 0 heterocycles. The van der Waals surface area contributed by atoms with E-state index in [0.29, 0.717) is 7.11 Å². The molecular formula is C4H7F3O3S. The van der Waals surface area contributed by atoms with Crippen molar-refractivity contribution >= 4 is 10.7 Å². The summed E-state index contributed by atoms with van der Waals surface area (Å²) >= 11 is 0. The Hall–Kier alpha value is -0.300. The SMILES string of the molecule is COC(F)(F)C(C)(F)[SH](=O)=O. The van der Waals surface area contributed by atoms with Gasteiger partial charge in [0.25, 0.3) is 5.00 Å². The molecule has 0 saturated heterocycles. The minimum atomic E-state index is -4.30. The van der Waals surface area contributed by atoms with Gasteiger partial charge in [0.2, 0.25) is 0 Å². The zero-order valence-electron chi connectivity index (χ0n) is 5.81. The average Bonchev–Trinajstić information content (AvgIpc) is 1.87. The van der Waals surface area contributed by atoms with Crippen molar-refractivity contribution in [2.45, 2.75) is 18.0 Å². The second-order valence-electron chi connectivity index (χ2n) is 1.93. The van der Waals surface area contributed by atoms with E-state index >= 15 is 0 Å². The minimum absolute atomic E-state index is 0.238. The third-order valence-corrected chi connectivity index (χ3v) is 2.08. The molecule has 0 aliphatic carbocycles. The van der Waals surface area contributed by atoms with Crippen LogP contribution in [0.25, 0.3) is 0 Å². The molecule has 0 amide bonds. The molecule has 0 radical (unpaired) electrons. The van der Waals surface area contributed by atoms with Crippen molar-refractivity contribution in [3.05, 3.63) is 0 Å². The van der Waals surface area contributed by atoms with Gasteiger partial charge >= 0.3 is 6.11 Å². The third-order valence-electron chi connectivity index (χ3n) is 1.13. The molecule has 0 aromatic heterocycles. The van der Waals surface area contributed by atoms with Gasteiger partial charge in [0.05, 0.1) is 0 Å². The summed E-state index contributed by atoms with van der Waals surface area (Å²) in [4.78, 5) is 0. The molecule has 0 aromatic carbocycles. The maximum absolute atomic E-state index is 12.5. The topological polar surface area (TPSA) is 43.4 Å². The van der Waals surface area contributed by atoms with E-state index in [4.69, 9.17) is 0 Å². The molecule has 0 aromatic rings. The average molecular weight is 192 g/mol. The van der Waals surface area contributed by atoms with Gasteiger partial charge in [0.1, 0.15) is 0 Å². The van der Waals surface area contributed by atoms with Gasteiger partial charge in [-0.2, -0.15) is 8.78 Å². The number of rotatable bonds is 3. The molecule has 0 fully saturated rings. The van der Waals surface area contributed by atoms with Crippen LogP contribution in [0.5, 0.6) is 0 Å². The Morgan fingerprint density at radius 1 is 1.27 bits per heavy atom. The van der Waals surface area contributed by atoms with Crippen molar-refractivity contribution in [3.8, 4) is 0 Å². The van der Waals surface area contributed by atoms with Crippen molar-refractivity contribution in [2.75, 3.05) is 7.11 Å². The molecule has 0 saturated carbocycles. The Kier molecular flexibility index (Phi) is 2.90.